The van der Waals surface area contributed by atoms with E-state index in [1.54, 1.807) is 53.9 Å². The van der Waals surface area contributed by atoms with Gasteiger partial charge >= 0.3 is 0 Å². The summed E-state index contributed by atoms with van der Waals surface area (Å²) in [6.45, 7) is 7.25. The first-order chi connectivity index (χ1) is 20.4. The maximum absolute atomic E-state index is 15.6. The third-order valence-electron chi connectivity index (χ3n) is 7.16. The van der Waals surface area contributed by atoms with Gasteiger partial charge in [0.2, 0.25) is 5.91 Å². The highest BCUT2D eigenvalue weighted by molar-refractivity contribution is 5.89. The number of nitrogens with zero attached hydrogens (tertiary/aromatic N) is 8. The van der Waals surface area contributed by atoms with Gasteiger partial charge in [-0.2, -0.15) is 5.10 Å². The molecule has 4 aromatic heterocycles. The van der Waals surface area contributed by atoms with E-state index in [9.17, 15) is 4.79 Å². The zero-order valence-electron chi connectivity index (χ0n) is 23.1. The Hall–Kier alpha value is -5.17. The van der Waals surface area contributed by atoms with Gasteiger partial charge in [0.05, 0.1) is 23.9 Å². The monoisotopic (exact) mass is 569 g/mol. The van der Waals surface area contributed by atoms with Crippen molar-refractivity contribution in [1.29, 1.82) is 0 Å². The number of pyridine rings is 2. The summed E-state index contributed by atoms with van der Waals surface area (Å²) >= 11 is 0. The van der Waals surface area contributed by atoms with Crippen LogP contribution in [0, 0.1) is 12.7 Å². The molecule has 1 aromatic carbocycles. The van der Waals surface area contributed by atoms with Crippen LogP contribution in [0.4, 0.5) is 21.7 Å². The number of methoxy groups -OCH3 is 1. The zero-order valence-corrected chi connectivity index (χ0v) is 23.1. The van der Waals surface area contributed by atoms with E-state index in [-0.39, 0.29) is 17.6 Å². The number of hydrogen-bond donors (Lipinski definition) is 1. The first-order valence-corrected chi connectivity index (χ1v) is 13.3. The SMILES string of the molecule is C=CC(=O)N1CCN(c2ccc3ncnc(Nc4ccc(Oc5ccn6ncnc6c5)c(C)c4F)c3n2)CC1COC. The number of ether oxygens (including phenoxy) is 2. The van der Waals surface area contributed by atoms with Crippen molar-refractivity contribution in [3.05, 3.63) is 79.3 Å². The second-order valence-corrected chi connectivity index (χ2v) is 9.75. The Morgan fingerprint density at radius 2 is 2.05 bits per heavy atom. The average Bonchev–Trinajstić information content (AvgIpc) is 3.48. The number of carbonyl (C=O) groups is 1. The van der Waals surface area contributed by atoms with Gasteiger partial charge in [-0.05, 0) is 43.3 Å². The molecule has 1 amide bonds. The van der Waals surface area contributed by atoms with Gasteiger partial charge in [-0.3, -0.25) is 4.79 Å². The number of benzene rings is 1. The molecule has 1 saturated heterocycles. The minimum Gasteiger partial charge on any atom is -0.457 e. The fourth-order valence-electron chi connectivity index (χ4n) is 4.99. The van der Waals surface area contributed by atoms with E-state index in [0.717, 1.165) is 0 Å². The van der Waals surface area contributed by atoms with E-state index in [1.807, 2.05) is 12.1 Å². The van der Waals surface area contributed by atoms with Crippen LogP contribution in [0.2, 0.25) is 0 Å². The average molecular weight is 570 g/mol. The van der Waals surface area contributed by atoms with Gasteiger partial charge in [0.1, 0.15) is 35.5 Å². The van der Waals surface area contributed by atoms with E-state index in [4.69, 9.17) is 14.5 Å². The summed E-state index contributed by atoms with van der Waals surface area (Å²) in [4.78, 5) is 33.9. The standard InChI is InChI=1S/C29H28FN9O3/c1-4-26(40)38-12-11-37(14-19(38)15-41-3)24-8-6-22-28(36-24)29(33-16-31-22)35-21-5-7-23(18(2)27(21)30)42-20-9-10-39-25(13-20)32-17-34-39/h4-10,13,16-17,19H,1,11-12,14-15H2,2-3H3,(H,31,33,35). The van der Waals surface area contributed by atoms with Gasteiger partial charge < -0.3 is 24.6 Å². The molecule has 6 rings (SSSR count). The highest BCUT2D eigenvalue weighted by Gasteiger charge is 2.30. The lowest BCUT2D eigenvalue weighted by molar-refractivity contribution is -0.129. The van der Waals surface area contributed by atoms with Crippen LogP contribution in [0.3, 0.4) is 0 Å². The second-order valence-electron chi connectivity index (χ2n) is 9.75. The molecule has 5 aromatic rings. The zero-order chi connectivity index (χ0) is 29.2. The Labute approximate surface area is 240 Å². The quantitative estimate of drug-likeness (QED) is 0.275. The highest BCUT2D eigenvalue weighted by Crippen LogP contribution is 2.33. The number of fused-ring (bicyclic) bond motifs is 2. The Morgan fingerprint density at radius 3 is 2.88 bits per heavy atom. The van der Waals surface area contributed by atoms with Crippen molar-refractivity contribution >= 4 is 39.9 Å². The first kappa shape index (κ1) is 27.0. The fourth-order valence-corrected chi connectivity index (χ4v) is 4.99. The Bertz CT molecular complexity index is 1790. The first-order valence-electron chi connectivity index (χ1n) is 13.3. The number of carbonyl (C=O) groups excluding carboxylic acids is 1. The van der Waals surface area contributed by atoms with Crippen molar-refractivity contribution in [2.45, 2.75) is 13.0 Å². The van der Waals surface area contributed by atoms with Crippen LogP contribution < -0.4 is 15.0 Å². The molecule has 0 saturated carbocycles. The summed E-state index contributed by atoms with van der Waals surface area (Å²) in [6, 6.07) is 10.3. The van der Waals surface area contributed by atoms with Crippen molar-refractivity contribution in [1.82, 2.24) is 34.4 Å². The molecule has 0 radical (unpaired) electrons. The summed E-state index contributed by atoms with van der Waals surface area (Å²) < 4.78 is 28.5. The van der Waals surface area contributed by atoms with Crippen LogP contribution in [0.15, 0.2) is 67.9 Å². The topological polar surface area (TPSA) is 123 Å². The lowest BCUT2D eigenvalue weighted by Crippen LogP contribution is -2.56. The van der Waals surface area contributed by atoms with Gasteiger partial charge in [0, 0.05) is 44.6 Å². The molecule has 0 spiro atoms. The van der Waals surface area contributed by atoms with Crippen molar-refractivity contribution in [3.63, 3.8) is 0 Å². The van der Waals surface area contributed by atoms with Crippen molar-refractivity contribution in [2.24, 2.45) is 0 Å². The molecule has 1 N–H and O–H groups in total. The number of hydrogen-bond acceptors (Lipinski definition) is 10. The number of aromatic nitrogens is 6. The smallest absolute Gasteiger partial charge is 0.246 e. The van der Waals surface area contributed by atoms with Crippen LogP contribution in [0.1, 0.15) is 5.56 Å². The van der Waals surface area contributed by atoms with Crippen molar-refractivity contribution in [2.75, 3.05) is 43.6 Å². The number of halogens is 1. The van der Waals surface area contributed by atoms with E-state index < -0.39 is 5.82 Å². The van der Waals surface area contributed by atoms with Gasteiger partial charge in [0.25, 0.3) is 0 Å². The molecule has 1 fully saturated rings. The Kier molecular flexibility index (Phi) is 7.32. The third kappa shape index (κ3) is 5.17. The minimum absolute atomic E-state index is 0.131. The summed E-state index contributed by atoms with van der Waals surface area (Å²) in [5, 5.41) is 7.16. The predicted molar refractivity (Wildman–Crippen MR) is 155 cm³/mol. The molecule has 0 bridgehead atoms. The number of piperazine rings is 1. The molecule has 13 heteroatoms. The van der Waals surface area contributed by atoms with E-state index in [1.165, 1.54) is 18.7 Å². The molecule has 42 heavy (non-hydrogen) atoms. The maximum Gasteiger partial charge on any atom is 0.246 e. The van der Waals surface area contributed by atoms with Crippen LogP contribution in [-0.4, -0.2) is 79.7 Å². The highest BCUT2D eigenvalue weighted by atomic mass is 19.1. The van der Waals surface area contributed by atoms with Gasteiger partial charge in [0.15, 0.2) is 17.3 Å². The fraction of sp³-hybridized carbons (Fsp3) is 0.241. The Balaban J connectivity index is 1.25. The van der Waals surface area contributed by atoms with E-state index >= 15 is 4.39 Å². The Morgan fingerprint density at radius 1 is 1.17 bits per heavy atom. The third-order valence-corrected chi connectivity index (χ3v) is 7.16. The maximum atomic E-state index is 15.6. The molecular formula is C29H28FN9O3. The van der Waals surface area contributed by atoms with E-state index in [0.29, 0.717) is 71.6 Å². The van der Waals surface area contributed by atoms with Crippen LogP contribution in [0.25, 0.3) is 16.7 Å². The lowest BCUT2D eigenvalue weighted by Gasteiger charge is -2.41. The molecular weight excluding hydrogens is 541 g/mol. The molecule has 214 valence electrons. The minimum atomic E-state index is -0.482. The summed E-state index contributed by atoms with van der Waals surface area (Å²) in [7, 11) is 1.61. The number of amides is 1. The number of anilines is 3. The van der Waals surface area contributed by atoms with Crippen molar-refractivity contribution in [3.8, 4) is 11.5 Å². The summed E-state index contributed by atoms with van der Waals surface area (Å²) in [5.74, 6) is 1.32. The molecule has 1 aliphatic heterocycles. The van der Waals surface area contributed by atoms with Crippen molar-refractivity contribution < 1.29 is 18.7 Å². The lowest BCUT2D eigenvalue weighted by atomic mass is 10.1. The van der Waals surface area contributed by atoms with Crippen LogP contribution in [-0.2, 0) is 9.53 Å². The molecule has 1 unspecified atom stereocenters. The van der Waals surface area contributed by atoms with Gasteiger partial charge in [-0.1, -0.05) is 6.58 Å². The normalized spacial score (nSPS) is 15.3. The van der Waals surface area contributed by atoms with Crippen LogP contribution in [0.5, 0.6) is 11.5 Å². The summed E-state index contributed by atoms with van der Waals surface area (Å²) in [6.07, 6.45) is 5.89. The molecule has 5 heterocycles. The molecule has 1 aliphatic rings. The van der Waals surface area contributed by atoms with Gasteiger partial charge in [-0.25, -0.2) is 28.8 Å². The second kappa shape index (κ2) is 11.4. The van der Waals surface area contributed by atoms with Gasteiger partial charge in [-0.15, -0.1) is 0 Å². The largest absolute Gasteiger partial charge is 0.457 e. The molecule has 1 atom stereocenters. The van der Waals surface area contributed by atoms with Crippen LogP contribution >= 0.6 is 0 Å². The number of rotatable bonds is 8. The predicted octanol–water partition coefficient (Wildman–Crippen LogP) is 3.90. The summed E-state index contributed by atoms with van der Waals surface area (Å²) in [5.41, 5.74) is 2.25. The number of nitrogens with one attached hydrogen (secondary N) is 1. The molecule has 0 aliphatic carbocycles. The molecule has 12 nitrogen and oxygen atoms in total. The van der Waals surface area contributed by atoms with E-state index in [2.05, 4.69) is 36.8 Å².